The third-order valence-electron chi connectivity index (χ3n) is 5.41. The molecule has 1 aromatic rings. The average molecular weight is 513 g/mol. The zero-order valence-corrected chi connectivity index (χ0v) is 20.2. The SMILES string of the molecule is CCNC(=NCCc1ccc(CC)cc1)N1CCN(CC(=O)NC2CC2)CC1.I. The monoisotopic (exact) mass is 513 g/mol. The van der Waals surface area contributed by atoms with E-state index in [2.05, 4.69) is 58.5 Å². The summed E-state index contributed by atoms with van der Waals surface area (Å²) in [5, 5.41) is 6.50. The lowest BCUT2D eigenvalue weighted by atomic mass is 10.1. The number of hydrogen-bond acceptors (Lipinski definition) is 3. The number of aliphatic imine (C=N–C) groups is 1. The molecule has 2 fully saturated rings. The van der Waals surface area contributed by atoms with E-state index < -0.39 is 0 Å². The fourth-order valence-corrected chi connectivity index (χ4v) is 3.48. The number of rotatable bonds is 8. The summed E-state index contributed by atoms with van der Waals surface area (Å²) in [6, 6.07) is 9.30. The second-order valence-electron chi connectivity index (χ2n) is 7.76. The molecule has 6 nitrogen and oxygen atoms in total. The molecule has 1 aromatic carbocycles. The van der Waals surface area contributed by atoms with Crippen molar-refractivity contribution in [3.63, 3.8) is 0 Å². The van der Waals surface area contributed by atoms with Crippen molar-refractivity contribution in [2.75, 3.05) is 45.8 Å². The summed E-state index contributed by atoms with van der Waals surface area (Å²) in [5.74, 6) is 1.17. The minimum atomic E-state index is 0. The van der Waals surface area contributed by atoms with Crippen molar-refractivity contribution in [3.8, 4) is 0 Å². The van der Waals surface area contributed by atoms with E-state index >= 15 is 0 Å². The minimum absolute atomic E-state index is 0. The number of nitrogens with zero attached hydrogens (tertiary/aromatic N) is 3. The molecule has 2 aliphatic rings. The predicted molar refractivity (Wildman–Crippen MR) is 130 cm³/mol. The van der Waals surface area contributed by atoms with Crippen LogP contribution in [0.4, 0.5) is 0 Å². The van der Waals surface area contributed by atoms with Crippen LogP contribution in [0.1, 0.15) is 37.8 Å². The van der Waals surface area contributed by atoms with Gasteiger partial charge in [-0.3, -0.25) is 14.7 Å². The van der Waals surface area contributed by atoms with Gasteiger partial charge >= 0.3 is 0 Å². The molecule has 2 N–H and O–H groups in total. The highest BCUT2D eigenvalue weighted by Gasteiger charge is 2.25. The molecule has 0 atom stereocenters. The molecule has 3 rings (SSSR count). The smallest absolute Gasteiger partial charge is 0.234 e. The molecule has 0 spiro atoms. The summed E-state index contributed by atoms with van der Waals surface area (Å²) in [6.45, 7) is 10.1. The molecular formula is C22H36IN5O. The maximum absolute atomic E-state index is 12.0. The molecule has 7 heteroatoms. The summed E-state index contributed by atoms with van der Waals surface area (Å²) in [4.78, 5) is 21.4. The largest absolute Gasteiger partial charge is 0.357 e. The van der Waals surface area contributed by atoms with Gasteiger partial charge in [0.2, 0.25) is 5.91 Å². The van der Waals surface area contributed by atoms with E-state index in [1.54, 1.807) is 0 Å². The van der Waals surface area contributed by atoms with E-state index in [0.29, 0.717) is 12.6 Å². The molecule has 0 radical (unpaired) electrons. The fourth-order valence-electron chi connectivity index (χ4n) is 3.48. The van der Waals surface area contributed by atoms with Crippen LogP contribution < -0.4 is 10.6 Å². The van der Waals surface area contributed by atoms with Crippen molar-refractivity contribution in [3.05, 3.63) is 35.4 Å². The van der Waals surface area contributed by atoms with Crippen LogP contribution in [0.2, 0.25) is 0 Å². The van der Waals surface area contributed by atoms with Crippen molar-refractivity contribution in [2.45, 2.75) is 45.6 Å². The average Bonchev–Trinajstić information content (AvgIpc) is 3.52. The Hall–Kier alpha value is -1.35. The van der Waals surface area contributed by atoms with Crippen molar-refractivity contribution < 1.29 is 4.79 Å². The van der Waals surface area contributed by atoms with Gasteiger partial charge in [-0.25, -0.2) is 0 Å². The molecule has 1 aliphatic carbocycles. The number of nitrogens with one attached hydrogen (secondary N) is 2. The molecule has 0 unspecified atom stereocenters. The van der Waals surface area contributed by atoms with Gasteiger partial charge in [-0.05, 0) is 43.7 Å². The van der Waals surface area contributed by atoms with Crippen molar-refractivity contribution >= 4 is 35.8 Å². The normalized spacial score (nSPS) is 17.6. The summed E-state index contributed by atoms with van der Waals surface area (Å²) >= 11 is 0. The minimum Gasteiger partial charge on any atom is -0.357 e. The molecule has 0 bridgehead atoms. The Bertz CT molecular complexity index is 652. The van der Waals surface area contributed by atoms with Gasteiger partial charge in [0.1, 0.15) is 0 Å². The number of guanidine groups is 1. The van der Waals surface area contributed by atoms with Crippen LogP contribution in [0.3, 0.4) is 0 Å². The third kappa shape index (κ3) is 8.12. The molecule has 1 heterocycles. The second-order valence-corrected chi connectivity index (χ2v) is 7.76. The highest BCUT2D eigenvalue weighted by atomic mass is 127. The van der Waals surface area contributed by atoms with Gasteiger partial charge in [-0.2, -0.15) is 0 Å². The number of carbonyl (C=O) groups is 1. The van der Waals surface area contributed by atoms with Gasteiger partial charge in [0, 0.05) is 45.3 Å². The van der Waals surface area contributed by atoms with Crippen molar-refractivity contribution in [1.82, 2.24) is 20.4 Å². The van der Waals surface area contributed by atoms with E-state index in [1.807, 2.05) is 0 Å². The maximum atomic E-state index is 12.0. The lowest BCUT2D eigenvalue weighted by molar-refractivity contribution is -0.122. The Balaban J connectivity index is 0.00000300. The first-order chi connectivity index (χ1) is 13.7. The summed E-state index contributed by atoms with van der Waals surface area (Å²) in [6.07, 6.45) is 4.33. The summed E-state index contributed by atoms with van der Waals surface area (Å²) in [5.41, 5.74) is 2.72. The number of carbonyl (C=O) groups excluding carboxylic acids is 1. The predicted octanol–water partition coefficient (Wildman–Crippen LogP) is 2.27. The first-order valence-electron chi connectivity index (χ1n) is 10.8. The molecule has 1 amide bonds. The van der Waals surface area contributed by atoms with Gasteiger partial charge in [0.05, 0.1) is 6.54 Å². The molecule has 1 saturated carbocycles. The Kier molecular flexibility index (Phi) is 10.2. The van der Waals surface area contributed by atoms with Crippen molar-refractivity contribution in [2.24, 2.45) is 4.99 Å². The number of aryl methyl sites for hydroxylation is 1. The van der Waals surface area contributed by atoms with Gasteiger partial charge in [0.15, 0.2) is 5.96 Å². The molecule has 1 aliphatic heterocycles. The molecular weight excluding hydrogens is 477 g/mol. The van der Waals surface area contributed by atoms with Crippen LogP contribution in [0, 0.1) is 0 Å². The van der Waals surface area contributed by atoms with Gasteiger partial charge in [-0.15, -0.1) is 24.0 Å². The maximum Gasteiger partial charge on any atom is 0.234 e. The molecule has 162 valence electrons. The number of halogens is 1. The van der Waals surface area contributed by atoms with Crippen LogP contribution in [0.25, 0.3) is 0 Å². The first-order valence-corrected chi connectivity index (χ1v) is 10.8. The van der Waals surface area contributed by atoms with E-state index in [9.17, 15) is 4.79 Å². The van der Waals surface area contributed by atoms with E-state index in [0.717, 1.165) is 70.9 Å². The van der Waals surface area contributed by atoms with Crippen LogP contribution in [0.5, 0.6) is 0 Å². The van der Waals surface area contributed by atoms with Gasteiger partial charge in [-0.1, -0.05) is 31.2 Å². The number of hydrogen-bond donors (Lipinski definition) is 2. The van der Waals surface area contributed by atoms with Crippen LogP contribution in [-0.2, 0) is 17.6 Å². The van der Waals surface area contributed by atoms with Crippen LogP contribution in [-0.4, -0.2) is 73.5 Å². The topological polar surface area (TPSA) is 60.0 Å². The van der Waals surface area contributed by atoms with Crippen molar-refractivity contribution in [1.29, 1.82) is 0 Å². The summed E-state index contributed by atoms with van der Waals surface area (Å²) < 4.78 is 0. The number of piperazine rings is 1. The Morgan fingerprint density at radius 3 is 2.31 bits per heavy atom. The quantitative estimate of drug-likeness (QED) is 0.318. The molecule has 0 aromatic heterocycles. The number of benzene rings is 1. The Morgan fingerprint density at radius 1 is 1.07 bits per heavy atom. The number of amides is 1. The lowest BCUT2D eigenvalue weighted by Gasteiger charge is -2.36. The zero-order valence-electron chi connectivity index (χ0n) is 17.8. The lowest BCUT2D eigenvalue weighted by Crippen LogP contribution is -2.54. The van der Waals surface area contributed by atoms with Gasteiger partial charge < -0.3 is 15.5 Å². The van der Waals surface area contributed by atoms with E-state index in [-0.39, 0.29) is 29.9 Å². The first kappa shape index (κ1) is 23.9. The second kappa shape index (κ2) is 12.4. The van der Waals surface area contributed by atoms with Crippen LogP contribution in [0.15, 0.2) is 29.3 Å². The Labute approximate surface area is 192 Å². The van der Waals surface area contributed by atoms with Gasteiger partial charge in [0.25, 0.3) is 0 Å². The third-order valence-corrected chi connectivity index (χ3v) is 5.41. The Morgan fingerprint density at radius 2 is 1.72 bits per heavy atom. The van der Waals surface area contributed by atoms with Crippen LogP contribution >= 0.6 is 24.0 Å². The van der Waals surface area contributed by atoms with E-state index in [1.165, 1.54) is 11.1 Å². The molecule has 29 heavy (non-hydrogen) atoms. The highest BCUT2D eigenvalue weighted by Crippen LogP contribution is 2.18. The zero-order chi connectivity index (χ0) is 19.8. The standard InChI is InChI=1S/C22H35N5O.HI/c1-3-18-5-7-19(8-6-18)11-12-24-22(23-4-2)27-15-13-26(14-16-27)17-21(28)25-20-9-10-20;/h5-8,20H,3-4,9-17H2,1-2H3,(H,23,24)(H,25,28);1H. The summed E-state index contributed by atoms with van der Waals surface area (Å²) in [7, 11) is 0. The molecule has 1 saturated heterocycles. The van der Waals surface area contributed by atoms with E-state index in [4.69, 9.17) is 4.99 Å². The fraction of sp³-hybridized carbons (Fsp3) is 0.636. The highest BCUT2D eigenvalue weighted by molar-refractivity contribution is 14.0.